The van der Waals surface area contributed by atoms with Crippen LogP contribution in [-0.2, 0) is 0 Å². The molecule has 0 aliphatic rings. The summed E-state index contributed by atoms with van der Waals surface area (Å²) in [4.78, 5) is 13.7. The molecule has 2 rings (SSSR count). The molecule has 0 saturated carbocycles. The van der Waals surface area contributed by atoms with E-state index in [1.807, 2.05) is 36.2 Å². The van der Waals surface area contributed by atoms with Gasteiger partial charge in [0.15, 0.2) is 5.76 Å². The van der Waals surface area contributed by atoms with Crippen LogP contribution >= 0.6 is 0 Å². The number of methoxy groups -OCH3 is 1. The minimum Gasteiger partial charge on any atom is -0.497 e. The van der Waals surface area contributed by atoms with E-state index in [1.165, 1.54) is 6.26 Å². The Morgan fingerprint density at radius 1 is 1.33 bits per heavy atom. The van der Waals surface area contributed by atoms with Crippen LogP contribution in [0.3, 0.4) is 0 Å². The fourth-order valence-electron chi connectivity index (χ4n) is 1.67. The molecule has 0 fully saturated rings. The number of furan rings is 1. The Labute approximate surface area is 106 Å². The number of hydrogen-bond acceptors (Lipinski definition) is 4. The van der Waals surface area contributed by atoms with E-state index in [4.69, 9.17) is 9.15 Å². The number of carbonyl (C=O) groups is 1. The maximum absolute atomic E-state index is 11.9. The van der Waals surface area contributed by atoms with Gasteiger partial charge in [-0.3, -0.25) is 4.79 Å². The van der Waals surface area contributed by atoms with E-state index in [1.54, 1.807) is 19.2 Å². The van der Waals surface area contributed by atoms with Crippen LogP contribution in [0.5, 0.6) is 5.75 Å². The number of rotatable bonds is 5. The number of benzene rings is 1. The van der Waals surface area contributed by atoms with Gasteiger partial charge in [0.2, 0.25) is 5.78 Å². The van der Waals surface area contributed by atoms with Crippen LogP contribution in [0.4, 0.5) is 5.69 Å². The second kappa shape index (κ2) is 5.40. The summed E-state index contributed by atoms with van der Waals surface area (Å²) >= 11 is 0. The smallest absolute Gasteiger partial charge is 0.217 e. The van der Waals surface area contributed by atoms with Crippen LogP contribution in [0.2, 0.25) is 0 Å². The van der Waals surface area contributed by atoms with E-state index in [0.717, 1.165) is 11.4 Å². The third-order valence-electron chi connectivity index (χ3n) is 2.67. The van der Waals surface area contributed by atoms with Gasteiger partial charge in [-0.2, -0.15) is 0 Å². The van der Waals surface area contributed by atoms with Crippen molar-refractivity contribution in [2.45, 2.75) is 0 Å². The summed E-state index contributed by atoms with van der Waals surface area (Å²) in [6.07, 6.45) is 1.50. The maximum Gasteiger partial charge on any atom is 0.217 e. The number of anilines is 1. The van der Waals surface area contributed by atoms with Crippen LogP contribution in [-0.4, -0.2) is 26.5 Å². The number of carbonyl (C=O) groups excluding carboxylic acids is 1. The minimum atomic E-state index is -0.0506. The molecule has 18 heavy (non-hydrogen) atoms. The van der Waals surface area contributed by atoms with Crippen LogP contribution in [0.15, 0.2) is 47.1 Å². The first-order chi connectivity index (χ1) is 8.70. The monoisotopic (exact) mass is 245 g/mol. The van der Waals surface area contributed by atoms with Gasteiger partial charge in [0.05, 0.1) is 19.9 Å². The molecule has 0 aliphatic carbocycles. The van der Waals surface area contributed by atoms with Crippen molar-refractivity contribution in [2.24, 2.45) is 0 Å². The van der Waals surface area contributed by atoms with E-state index in [2.05, 4.69) is 0 Å². The molecule has 4 nitrogen and oxygen atoms in total. The SMILES string of the molecule is COc1cccc(N(C)CC(=O)c2ccco2)c1. The molecule has 2 aromatic rings. The van der Waals surface area contributed by atoms with Crippen LogP contribution in [0, 0.1) is 0 Å². The van der Waals surface area contributed by atoms with Gasteiger partial charge in [-0.1, -0.05) is 6.07 Å². The molecule has 0 N–H and O–H groups in total. The van der Waals surface area contributed by atoms with E-state index in [0.29, 0.717) is 5.76 Å². The number of hydrogen-bond donors (Lipinski definition) is 0. The molecule has 0 saturated heterocycles. The highest BCUT2D eigenvalue weighted by Gasteiger charge is 2.12. The Morgan fingerprint density at radius 2 is 2.17 bits per heavy atom. The van der Waals surface area contributed by atoms with Crippen molar-refractivity contribution in [2.75, 3.05) is 25.6 Å². The first kappa shape index (κ1) is 12.2. The van der Waals surface area contributed by atoms with Gasteiger partial charge in [-0.25, -0.2) is 0 Å². The van der Waals surface area contributed by atoms with Crippen LogP contribution < -0.4 is 9.64 Å². The Bertz CT molecular complexity index is 520. The predicted octanol–water partition coefficient (Wildman–Crippen LogP) is 2.61. The largest absolute Gasteiger partial charge is 0.497 e. The van der Waals surface area contributed by atoms with Gasteiger partial charge in [0.1, 0.15) is 5.75 Å². The summed E-state index contributed by atoms with van der Waals surface area (Å²) in [6, 6.07) is 10.9. The van der Waals surface area contributed by atoms with E-state index in [9.17, 15) is 4.79 Å². The minimum absolute atomic E-state index is 0.0506. The molecule has 1 aromatic heterocycles. The normalized spacial score (nSPS) is 10.1. The van der Waals surface area contributed by atoms with Crippen molar-refractivity contribution in [1.82, 2.24) is 0 Å². The highest BCUT2D eigenvalue weighted by atomic mass is 16.5. The summed E-state index contributed by atoms with van der Waals surface area (Å²) < 4.78 is 10.2. The zero-order chi connectivity index (χ0) is 13.0. The molecule has 94 valence electrons. The predicted molar refractivity (Wildman–Crippen MR) is 69.3 cm³/mol. The van der Waals surface area contributed by atoms with Gasteiger partial charge >= 0.3 is 0 Å². The fraction of sp³-hybridized carbons (Fsp3) is 0.214. The van der Waals surface area contributed by atoms with E-state index in [-0.39, 0.29) is 12.3 Å². The first-order valence-corrected chi connectivity index (χ1v) is 5.62. The highest BCUT2D eigenvalue weighted by Crippen LogP contribution is 2.20. The molecule has 0 aliphatic heterocycles. The molecule has 0 spiro atoms. The number of ether oxygens (including phenoxy) is 1. The van der Waals surface area contributed by atoms with Gasteiger partial charge in [0.25, 0.3) is 0 Å². The molecule has 0 atom stereocenters. The van der Waals surface area contributed by atoms with Crippen molar-refractivity contribution < 1.29 is 13.9 Å². The molecule has 0 unspecified atom stereocenters. The second-order valence-corrected chi connectivity index (χ2v) is 3.96. The maximum atomic E-state index is 11.9. The van der Waals surface area contributed by atoms with Crippen LogP contribution in [0.25, 0.3) is 0 Å². The number of nitrogens with zero attached hydrogens (tertiary/aromatic N) is 1. The van der Waals surface area contributed by atoms with Crippen molar-refractivity contribution in [3.05, 3.63) is 48.4 Å². The van der Waals surface area contributed by atoms with E-state index >= 15 is 0 Å². The Morgan fingerprint density at radius 3 is 2.83 bits per heavy atom. The first-order valence-electron chi connectivity index (χ1n) is 5.62. The zero-order valence-electron chi connectivity index (χ0n) is 10.4. The van der Waals surface area contributed by atoms with Gasteiger partial charge < -0.3 is 14.1 Å². The average molecular weight is 245 g/mol. The molecule has 1 heterocycles. The number of likely N-dealkylation sites (N-methyl/N-ethyl adjacent to an activating group) is 1. The van der Waals surface area contributed by atoms with Crippen molar-refractivity contribution in [3.63, 3.8) is 0 Å². The average Bonchev–Trinajstić information content (AvgIpc) is 2.92. The zero-order valence-corrected chi connectivity index (χ0v) is 10.4. The lowest BCUT2D eigenvalue weighted by atomic mass is 10.2. The van der Waals surface area contributed by atoms with Crippen molar-refractivity contribution in [1.29, 1.82) is 0 Å². The topological polar surface area (TPSA) is 42.7 Å². The third-order valence-corrected chi connectivity index (χ3v) is 2.67. The van der Waals surface area contributed by atoms with Gasteiger partial charge in [-0.05, 0) is 24.3 Å². The van der Waals surface area contributed by atoms with Crippen molar-refractivity contribution in [3.8, 4) is 5.75 Å². The van der Waals surface area contributed by atoms with Crippen molar-refractivity contribution >= 4 is 11.5 Å². The summed E-state index contributed by atoms with van der Waals surface area (Å²) in [5, 5.41) is 0. The third kappa shape index (κ3) is 2.71. The van der Waals surface area contributed by atoms with E-state index < -0.39 is 0 Å². The summed E-state index contributed by atoms with van der Waals surface area (Å²) in [6.45, 7) is 0.265. The summed E-state index contributed by atoms with van der Waals surface area (Å²) in [5.74, 6) is 1.10. The standard InChI is InChI=1S/C14H15NO3/c1-15(10-13(16)14-7-4-8-18-14)11-5-3-6-12(9-11)17-2/h3-9H,10H2,1-2H3. The lowest BCUT2D eigenvalue weighted by Gasteiger charge is -2.18. The Balaban J connectivity index is 2.07. The molecular weight excluding hydrogens is 230 g/mol. The molecule has 0 radical (unpaired) electrons. The Kier molecular flexibility index (Phi) is 3.67. The number of ketones is 1. The lowest BCUT2D eigenvalue weighted by molar-refractivity contribution is 0.0974. The quantitative estimate of drug-likeness (QED) is 0.759. The summed E-state index contributed by atoms with van der Waals surface area (Å²) in [5.41, 5.74) is 0.925. The molecule has 1 aromatic carbocycles. The van der Waals surface area contributed by atoms with Gasteiger partial charge in [0, 0.05) is 18.8 Å². The number of Topliss-reactive ketones (excluding diaryl/α,β-unsaturated/α-hetero) is 1. The molecule has 0 bridgehead atoms. The summed E-state index contributed by atoms with van der Waals surface area (Å²) in [7, 11) is 3.47. The molecule has 4 heteroatoms. The molecular formula is C14H15NO3. The fourth-order valence-corrected chi connectivity index (χ4v) is 1.67. The second-order valence-electron chi connectivity index (χ2n) is 3.96. The Hall–Kier alpha value is -2.23. The molecule has 0 amide bonds. The van der Waals surface area contributed by atoms with Gasteiger partial charge in [-0.15, -0.1) is 0 Å². The highest BCUT2D eigenvalue weighted by molar-refractivity contribution is 5.96. The lowest BCUT2D eigenvalue weighted by Crippen LogP contribution is -2.25. The van der Waals surface area contributed by atoms with Crippen LogP contribution in [0.1, 0.15) is 10.6 Å².